The number of carbonyl (C=O) groups excluding carboxylic acids is 1. The molecular weight excluding hydrogens is 282 g/mol. The lowest BCUT2D eigenvalue weighted by atomic mass is 10.2. The molecule has 3 rings (SSSR count). The number of aryl methyl sites for hydroxylation is 1. The van der Waals surface area contributed by atoms with Crippen LogP contribution < -0.4 is 5.32 Å². The van der Waals surface area contributed by atoms with Crippen LogP contribution in [0, 0.1) is 6.92 Å². The molecule has 6 nitrogen and oxygen atoms in total. The predicted molar refractivity (Wildman–Crippen MR) is 80.8 cm³/mol. The highest BCUT2D eigenvalue weighted by Crippen LogP contribution is 2.20. The maximum Gasteiger partial charge on any atom is 0.248 e. The van der Waals surface area contributed by atoms with Crippen LogP contribution in [0.25, 0.3) is 17.5 Å². The fourth-order valence-corrected chi connectivity index (χ4v) is 1.91. The van der Waals surface area contributed by atoms with Gasteiger partial charge in [-0.15, -0.1) is 10.2 Å². The molecule has 0 aliphatic heterocycles. The van der Waals surface area contributed by atoms with Crippen LogP contribution in [0.5, 0.6) is 0 Å². The number of amides is 1. The van der Waals surface area contributed by atoms with E-state index in [-0.39, 0.29) is 5.91 Å². The lowest BCUT2D eigenvalue weighted by Crippen LogP contribution is -2.07. The number of hydrogen-bond donors (Lipinski definition) is 1. The highest BCUT2D eigenvalue weighted by Gasteiger charge is 2.05. The Hall–Kier alpha value is -3.15. The fraction of sp³-hybridized carbons (Fsp3) is 0.0625. The minimum absolute atomic E-state index is 0.253. The van der Waals surface area contributed by atoms with Crippen molar-refractivity contribution in [3.8, 4) is 11.5 Å². The standard InChI is InChI=1S/C16H13N3O3/c1-11-5-6-14(22-11)7-8-15(20)18-13-4-2-3-12(9-13)16-19-17-10-21-16/h2-10H,1H3,(H,18,20)/b8-7+. The van der Waals surface area contributed by atoms with Crippen LogP contribution in [-0.2, 0) is 4.79 Å². The lowest BCUT2D eigenvalue weighted by Gasteiger charge is -2.03. The van der Waals surface area contributed by atoms with Crippen molar-refractivity contribution in [2.24, 2.45) is 0 Å². The molecule has 0 aliphatic rings. The average Bonchev–Trinajstić information content (AvgIpc) is 3.17. The molecule has 22 heavy (non-hydrogen) atoms. The van der Waals surface area contributed by atoms with Crippen molar-refractivity contribution in [3.05, 3.63) is 60.4 Å². The van der Waals surface area contributed by atoms with E-state index in [4.69, 9.17) is 8.83 Å². The topological polar surface area (TPSA) is 81.2 Å². The zero-order chi connectivity index (χ0) is 15.4. The van der Waals surface area contributed by atoms with E-state index in [0.717, 1.165) is 11.3 Å². The van der Waals surface area contributed by atoms with Gasteiger partial charge in [-0.1, -0.05) is 6.07 Å². The minimum Gasteiger partial charge on any atom is -0.462 e. The number of aromatic nitrogens is 2. The predicted octanol–water partition coefficient (Wildman–Crippen LogP) is 3.29. The molecule has 1 amide bonds. The Morgan fingerprint density at radius 1 is 1.27 bits per heavy atom. The van der Waals surface area contributed by atoms with E-state index >= 15 is 0 Å². The maximum absolute atomic E-state index is 11.9. The number of nitrogens with zero attached hydrogens (tertiary/aromatic N) is 2. The van der Waals surface area contributed by atoms with E-state index in [1.165, 1.54) is 12.5 Å². The van der Waals surface area contributed by atoms with Gasteiger partial charge in [0.15, 0.2) is 0 Å². The van der Waals surface area contributed by atoms with E-state index in [2.05, 4.69) is 15.5 Å². The van der Waals surface area contributed by atoms with Gasteiger partial charge in [0.25, 0.3) is 0 Å². The Balaban J connectivity index is 1.69. The highest BCUT2D eigenvalue weighted by molar-refractivity contribution is 6.02. The quantitative estimate of drug-likeness (QED) is 0.747. The summed E-state index contributed by atoms with van der Waals surface area (Å²) < 4.78 is 10.5. The van der Waals surface area contributed by atoms with Crippen molar-refractivity contribution in [2.45, 2.75) is 6.92 Å². The molecule has 110 valence electrons. The van der Waals surface area contributed by atoms with Gasteiger partial charge < -0.3 is 14.2 Å². The van der Waals surface area contributed by atoms with Crippen molar-refractivity contribution >= 4 is 17.7 Å². The van der Waals surface area contributed by atoms with Crippen molar-refractivity contribution in [3.63, 3.8) is 0 Å². The summed E-state index contributed by atoms with van der Waals surface area (Å²) in [5.41, 5.74) is 1.38. The molecular formula is C16H13N3O3. The first-order valence-corrected chi connectivity index (χ1v) is 6.63. The molecule has 6 heteroatoms. The minimum atomic E-state index is -0.253. The van der Waals surface area contributed by atoms with Gasteiger partial charge in [0.2, 0.25) is 18.2 Å². The van der Waals surface area contributed by atoms with Crippen LogP contribution in [0.3, 0.4) is 0 Å². The Labute approximate surface area is 126 Å². The molecule has 2 heterocycles. The summed E-state index contributed by atoms with van der Waals surface area (Å²) in [5.74, 6) is 1.58. The third-order valence-electron chi connectivity index (χ3n) is 2.90. The molecule has 0 radical (unpaired) electrons. The Bertz CT molecular complexity index is 804. The molecule has 0 saturated carbocycles. The first kappa shape index (κ1) is 13.8. The third kappa shape index (κ3) is 3.29. The van der Waals surface area contributed by atoms with Crippen molar-refractivity contribution in [2.75, 3.05) is 5.32 Å². The SMILES string of the molecule is Cc1ccc(/C=C/C(=O)Nc2cccc(-c3nnco3)c2)o1. The molecule has 1 N–H and O–H groups in total. The van der Waals surface area contributed by atoms with Gasteiger partial charge >= 0.3 is 0 Å². The van der Waals surface area contributed by atoms with Gasteiger partial charge in [0, 0.05) is 17.3 Å². The lowest BCUT2D eigenvalue weighted by molar-refractivity contribution is -0.111. The summed E-state index contributed by atoms with van der Waals surface area (Å²) in [7, 11) is 0. The number of benzene rings is 1. The Morgan fingerprint density at radius 2 is 2.18 bits per heavy atom. The number of hydrogen-bond acceptors (Lipinski definition) is 5. The van der Waals surface area contributed by atoms with E-state index in [1.807, 2.05) is 19.1 Å². The molecule has 1 aromatic carbocycles. The van der Waals surface area contributed by atoms with E-state index < -0.39 is 0 Å². The first-order chi connectivity index (χ1) is 10.7. The summed E-state index contributed by atoms with van der Waals surface area (Å²) in [6.45, 7) is 1.85. The van der Waals surface area contributed by atoms with Gasteiger partial charge in [0.1, 0.15) is 11.5 Å². The van der Waals surface area contributed by atoms with E-state index in [1.54, 1.807) is 30.3 Å². The smallest absolute Gasteiger partial charge is 0.248 e. The number of anilines is 1. The third-order valence-corrected chi connectivity index (χ3v) is 2.90. The normalized spacial score (nSPS) is 11.0. The Morgan fingerprint density at radius 3 is 2.91 bits per heavy atom. The summed E-state index contributed by atoms with van der Waals surface area (Å²) in [4.78, 5) is 11.9. The van der Waals surface area contributed by atoms with Gasteiger partial charge in [-0.25, -0.2) is 0 Å². The van der Waals surface area contributed by atoms with Crippen molar-refractivity contribution in [1.82, 2.24) is 10.2 Å². The van der Waals surface area contributed by atoms with Crippen LogP contribution >= 0.6 is 0 Å². The fourth-order valence-electron chi connectivity index (χ4n) is 1.91. The number of furan rings is 1. The summed E-state index contributed by atoms with van der Waals surface area (Å²) in [6.07, 6.45) is 4.29. The van der Waals surface area contributed by atoms with E-state index in [9.17, 15) is 4.79 Å². The second-order valence-electron chi connectivity index (χ2n) is 4.60. The molecule has 0 aliphatic carbocycles. The second-order valence-corrected chi connectivity index (χ2v) is 4.60. The summed E-state index contributed by atoms with van der Waals surface area (Å²) >= 11 is 0. The zero-order valence-electron chi connectivity index (χ0n) is 11.8. The molecule has 2 aromatic heterocycles. The molecule has 0 fully saturated rings. The number of rotatable bonds is 4. The van der Waals surface area contributed by atoms with Crippen LogP contribution in [0.2, 0.25) is 0 Å². The molecule has 0 saturated heterocycles. The van der Waals surface area contributed by atoms with Gasteiger partial charge in [-0.2, -0.15) is 0 Å². The second kappa shape index (κ2) is 6.09. The van der Waals surface area contributed by atoms with Crippen LogP contribution in [0.4, 0.5) is 5.69 Å². The summed E-state index contributed by atoms with van der Waals surface area (Å²) in [5, 5.41) is 10.2. The van der Waals surface area contributed by atoms with E-state index in [0.29, 0.717) is 17.3 Å². The van der Waals surface area contributed by atoms with Gasteiger partial charge in [-0.05, 0) is 43.3 Å². The van der Waals surface area contributed by atoms with Gasteiger partial charge in [0.05, 0.1) is 0 Å². The first-order valence-electron chi connectivity index (χ1n) is 6.63. The van der Waals surface area contributed by atoms with Crippen LogP contribution in [-0.4, -0.2) is 16.1 Å². The summed E-state index contributed by atoms with van der Waals surface area (Å²) in [6, 6.07) is 10.8. The number of nitrogens with one attached hydrogen (secondary N) is 1. The number of carbonyl (C=O) groups is 1. The van der Waals surface area contributed by atoms with Crippen LogP contribution in [0.15, 0.2) is 57.7 Å². The molecule has 0 atom stereocenters. The Kier molecular flexibility index (Phi) is 3.82. The van der Waals surface area contributed by atoms with Crippen molar-refractivity contribution < 1.29 is 13.6 Å². The average molecular weight is 295 g/mol. The van der Waals surface area contributed by atoms with Crippen LogP contribution in [0.1, 0.15) is 11.5 Å². The molecule has 0 bridgehead atoms. The highest BCUT2D eigenvalue weighted by atomic mass is 16.4. The zero-order valence-corrected chi connectivity index (χ0v) is 11.8. The maximum atomic E-state index is 11.9. The monoisotopic (exact) mass is 295 g/mol. The molecule has 0 spiro atoms. The molecule has 3 aromatic rings. The van der Waals surface area contributed by atoms with Crippen molar-refractivity contribution in [1.29, 1.82) is 0 Å². The van der Waals surface area contributed by atoms with Gasteiger partial charge in [-0.3, -0.25) is 4.79 Å². The molecule has 0 unspecified atom stereocenters. The largest absolute Gasteiger partial charge is 0.462 e.